The first-order valence-electron chi connectivity index (χ1n) is 12.7. The summed E-state index contributed by atoms with van der Waals surface area (Å²) in [7, 11) is 0. The minimum atomic E-state index is -1.46. The van der Waals surface area contributed by atoms with Crippen molar-refractivity contribution >= 4 is 41.4 Å². The van der Waals surface area contributed by atoms with Gasteiger partial charge in [-0.1, -0.05) is 6.07 Å². The Balaban J connectivity index is 0.00000134. The van der Waals surface area contributed by atoms with Crippen molar-refractivity contribution in [3.8, 4) is 0 Å². The van der Waals surface area contributed by atoms with Gasteiger partial charge >= 0.3 is 0 Å². The minimum Gasteiger partial charge on any atom is -0.388 e. The molecule has 14 heteroatoms. The predicted octanol–water partition coefficient (Wildman–Crippen LogP) is 2.33. The molecule has 0 saturated carbocycles. The first-order chi connectivity index (χ1) is 18.5. The largest absolute Gasteiger partial charge is 0.388 e. The Morgan fingerprint density at radius 3 is 2.51 bits per heavy atom. The molecule has 0 aromatic heterocycles. The average molecular weight is 617 g/mol. The number of fused-ring (bicyclic) bond motifs is 1. The summed E-state index contributed by atoms with van der Waals surface area (Å²) in [5, 5.41) is 36.4. The highest BCUT2D eigenvalue weighted by molar-refractivity contribution is 7.99. The molecular formula is C25H36ClF3N2O6S2. The molecule has 1 aromatic rings. The first kappa shape index (κ1) is 32.7. The second-order valence-electron chi connectivity index (χ2n) is 9.91. The Kier molecular flexibility index (Phi) is 12.5. The number of nitrogens with one attached hydrogen (secondary N) is 2. The third kappa shape index (κ3) is 7.75. The van der Waals surface area contributed by atoms with Crippen LogP contribution in [0.25, 0.3) is 0 Å². The quantitative estimate of drug-likeness (QED) is 0.307. The number of aliphatic hydroxyl groups is 3. The molecule has 3 aliphatic heterocycles. The Labute approximate surface area is 240 Å². The van der Waals surface area contributed by atoms with Crippen LogP contribution in [-0.4, -0.2) is 100 Å². The number of hydrogen-bond acceptors (Lipinski definition) is 9. The summed E-state index contributed by atoms with van der Waals surface area (Å²) in [4.78, 5) is 13.3. The van der Waals surface area contributed by atoms with Crippen molar-refractivity contribution < 1.29 is 42.3 Å². The molecule has 222 valence electrons. The molecule has 3 aliphatic rings. The fourth-order valence-corrected chi connectivity index (χ4v) is 6.38. The summed E-state index contributed by atoms with van der Waals surface area (Å²) in [6.07, 6.45) is -1.53. The first-order valence-corrected chi connectivity index (χ1v) is 15.5. The molecule has 1 aromatic carbocycles. The number of halogens is 4. The van der Waals surface area contributed by atoms with Gasteiger partial charge in [0.05, 0.1) is 17.5 Å². The van der Waals surface area contributed by atoms with Gasteiger partial charge in [0.1, 0.15) is 47.5 Å². The number of ether oxygens (including phenoxy) is 2. The van der Waals surface area contributed by atoms with Crippen molar-refractivity contribution in [2.24, 2.45) is 5.92 Å². The van der Waals surface area contributed by atoms with Gasteiger partial charge in [0.15, 0.2) is 0 Å². The monoisotopic (exact) mass is 616 g/mol. The highest BCUT2D eigenvalue weighted by Gasteiger charge is 2.49. The number of alkyl halides is 1. The molecule has 0 radical (unpaired) electrons. The summed E-state index contributed by atoms with van der Waals surface area (Å²) in [6, 6.07) is 2.03. The van der Waals surface area contributed by atoms with Crippen LogP contribution in [-0.2, 0) is 14.3 Å². The lowest BCUT2D eigenvalue weighted by Gasteiger charge is -2.44. The number of benzene rings is 1. The molecule has 0 spiro atoms. The summed E-state index contributed by atoms with van der Waals surface area (Å²) in [5.41, 5.74) is -0.358. The Hall–Kier alpha value is -0.770. The van der Waals surface area contributed by atoms with Crippen LogP contribution in [0.1, 0.15) is 31.2 Å². The van der Waals surface area contributed by atoms with Crippen molar-refractivity contribution in [2.75, 3.05) is 25.7 Å². The predicted molar refractivity (Wildman–Crippen MR) is 145 cm³/mol. The highest BCUT2D eigenvalue weighted by atomic mass is 35.5. The molecule has 39 heavy (non-hydrogen) atoms. The van der Waals surface area contributed by atoms with Crippen molar-refractivity contribution in [2.45, 2.75) is 79.1 Å². The third-order valence-corrected chi connectivity index (χ3v) is 8.56. The van der Waals surface area contributed by atoms with E-state index in [1.54, 1.807) is 13.2 Å². The number of thioether (sulfide) groups is 1. The van der Waals surface area contributed by atoms with Crippen LogP contribution in [0.4, 0.5) is 12.7 Å². The second kappa shape index (κ2) is 14.9. The van der Waals surface area contributed by atoms with Crippen LogP contribution in [0, 0.1) is 17.6 Å². The molecular weight excluding hydrogens is 581 g/mol. The van der Waals surface area contributed by atoms with Crippen molar-refractivity contribution in [1.29, 1.82) is 0 Å². The molecule has 0 bridgehead atoms. The standard InChI is InChI=1S/C24H33ClF2N2O6S.CH3FS/c1-10(25)16(22-19(31)18(30)20(32)24(35-22)36-2)29-23(33)17-21-12(9-28-17)7-11(5-6-34-21)14-4-3-13(26)8-15(14)27;1-3-2/h3-4,8,10-12,16-22,24,28,30-32H,5-7,9H2,1-2H3,(H,29,33);1H3/t10-,11-,12-,16+,17-,18+,19?,20+,21+,22+,24?;/m0./s1. The molecule has 1 amide bonds. The lowest BCUT2D eigenvalue weighted by Crippen LogP contribution is -2.65. The van der Waals surface area contributed by atoms with Gasteiger partial charge in [-0.25, -0.2) is 8.78 Å². The number of carbonyl (C=O) groups is 1. The molecule has 5 N–H and O–H groups in total. The Morgan fingerprint density at radius 2 is 1.90 bits per heavy atom. The van der Waals surface area contributed by atoms with E-state index in [0.29, 0.717) is 31.6 Å². The van der Waals surface area contributed by atoms with Crippen LogP contribution in [0.2, 0.25) is 0 Å². The van der Waals surface area contributed by atoms with E-state index < -0.39 is 71.0 Å². The summed E-state index contributed by atoms with van der Waals surface area (Å²) < 4.78 is 49.8. The maximum absolute atomic E-state index is 14.4. The van der Waals surface area contributed by atoms with Gasteiger partial charge in [0.25, 0.3) is 0 Å². The van der Waals surface area contributed by atoms with Gasteiger partial charge in [0.2, 0.25) is 5.91 Å². The zero-order valence-corrected chi connectivity index (χ0v) is 24.2. The fourth-order valence-electron chi connectivity index (χ4n) is 5.50. The molecule has 3 fully saturated rings. The molecule has 0 aliphatic carbocycles. The molecule has 11 atom stereocenters. The van der Waals surface area contributed by atoms with Crippen molar-refractivity contribution in [1.82, 2.24) is 10.6 Å². The topological polar surface area (TPSA) is 120 Å². The maximum Gasteiger partial charge on any atom is 0.240 e. The van der Waals surface area contributed by atoms with Gasteiger partial charge in [-0.3, -0.25) is 4.79 Å². The fraction of sp³-hybridized carbons (Fsp3) is 0.720. The number of amides is 1. The van der Waals surface area contributed by atoms with Gasteiger partial charge < -0.3 is 35.4 Å². The minimum absolute atomic E-state index is 0.0704. The zero-order valence-electron chi connectivity index (χ0n) is 21.8. The number of aliphatic hydroxyl groups excluding tert-OH is 3. The van der Waals surface area contributed by atoms with Crippen LogP contribution in [0.5, 0.6) is 0 Å². The number of hydrogen-bond donors (Lipinski definition) is 5. The van der Waals surface area contributed by atoms with Crippen LogP contribution in [0.3, 0.4) is 0 Å². The van der Waals surface area contributed by atoms with Crippen LogP contribution >= 0.6 is 35.5 Å². The smallest absolute Gasteiger partial charge is 0.240 e. The van der Waals surface area contributed by atoms with E-state index >= 15 is 0 Å². The highest BCUT2D eigenvalue weighted by Crippen LogP contribution is 2.37. The second-order valence-corrected chi connectivity index (χ2v) is 11.8. The van der Waals surface area contributed by atoms with Gasteiger partial charge in [-0.2, -0.15) is 3.89 Å². The third-order valence-electron chi connectivity index (χ3n) is 7.44. The SMILES string of the molecule is CSC1O[C@H]([C@H](NC(=O)[C@H]2NC[C@@H]3C[C@@H](c4ccc(F)cc4F)CCO[C@H]32)[C@H](C)Cl)C(O)[C@@H](O)[C@H]1O.CSF. The summed E-state index contributed by atoms with van der Waals surface area (Å²) >= 11 is 7.80. The number of carbonyl (C=O) groups excluding carboxylic acids is 1. The van der Waals surface area contributed by atoms with Crippen molar-refractivity contribution in [3.63, 3.8) is 0 Å². The Bertz CT molecular complexity index is 955. The molecule has 3 saturated heterocycles. The van der Waals surface area contributed by atoms with E-state index in [2.05, 4.69) is 10.6 Å². The van der Waals surface area contributed by atoms with Crippen molar-refractivity contribution in [3.05, 3.63) is 35.4 Å². The van der Waals surface area contributed by atoms with Gasteiger partial charge in [0, 0.05) is 43.5 Å². The average Bonchev–Trinajstić information content (AvgIpc) is 3.17. The molecule has 2 unspecified atom stereocenters. The number of rotatable bonds is 6. The van der Waals surface area contributed by atoms with Gasteiger partial charge in [-0.05, 0) is 43.6 Å². The maximum atomic E-state index is 14.4. The van der Waals surface area contributed by atoms with E-state index in [4.69, 9.17) is 21.1 Å². The summed E-state index contributed by atoms with van der Waals surface area (Å²) in [6.45, 7) is 2.43. The normalized spacial score (nSPS) is 36.1. The van der Waals surface area contributed by atoms with E-state index in [-0.39, 0.29) is 24.0 Å². The van der Waals surface area contributed by atoms with E-state index in [1.165, 1.54) is 30.2 Å². The molecule has 4 rings (SSSR count). The van der Waals surface area contributed by atoms with Crippen LogP contribution < -0.4 is 10.6 Å². The van der Waals surface area contributed by atoms with Gasteiger partial charge in [-0.15, -0.1) is 23.4 Å². The molecule has 3 heterocycles. The van der Waals surface area contributed by atoms with E-state index in [1.807, 2.05) is 0 Å². The lowest BCUT2D eigenvalue weighted by atomic mass is 9.85. The van der Waals surface area contributed by atoms with E-state index in [0.717, 1.165) is 6.07 Å². The lowest BCUT2D eigenvalue weighted by molar-refractivity contribution is -0.205. The summed E-state index contributed by atoms with van der Waals surface area (Å²) in [5.74, 6) is -1.84. The Morgan fingerprint density at radius 1 is 1.21 bits per heavy atom. The zero-order chi connectivity index (χ0) is 28.9. The van der Waals surface area contributed by atoms with E-state index in [9.17, 15) is 32.8 Å². The van der Waals surface area contributed by atoms with Crippen LogP contribution in [0.15, 0.2) is 18.2 Å². The molecule has 8 nitrogen and oxygen atoms in total.